The maximum Gasteiger partial charge on any atom is 0.343 e. The second kappa shape index (κ2) is 5.96. The fourth-order valence-corrected chi connectivity index (χ4v) is 4.09. The van der Waals surface area contributed by atoms with Gasteiger partial charge in [-0.25, -0.2) is 14.0 Å². The zero-order chi connectivity index (χ0) is 18.5. The number of hydrogen-bond acceptors (Lipinski definition) is 3. The first kappa shape index (κ1) is 16.8. The Hall–Kier alpha value is -2.64. The number of aliphatic carboxylic acids is 1. The molecule has 8 heteroatoms. The predicted molar refractivity (Wildman–Crippen MR) is 92.1 cm³/mol. The maximum atomic E-state index is 14.2. The maximum absolute atomic E-state index is 14.2. The highest BCUT2D eigenvalue weighted by atomic mass is 19.1. The number of nitrogens with zero attached hydrogens (tertiary/aromatic N) is 2. The van der Waals surface area contributed by atoms with Crippen LogP contribution in [0.4, 0.5) is 4.39 Å². The van der Waals surface area contributed by atoms with Crippen LogP contribution in [0.15, 0.2) is 23.0 Å². The summed E-state index contributed by atoms with van der Waals surface area (Å²) in [4.78, 5) is 40.0. The van der Waals surface area contributed by atoms with Crippen LogP contribution >= 0.6 is 0 Å². The summed E-state index contributed by atoms with van der Waals surface area (Å²) in [6.07, 6.45) is 3.92. The number of rotatable bonds is 3. The minimum absolute atomic E-state index is 0.0548. The van der Waals surface area contributed by atoms with Gasteiger partial charge >= 0.3 is 11.7 Å². The average Bonchev–Trinajstić information content (AvgIpc) is 3.31. The predicted octanol–water partition coefficient (Wildman–Crippen LogP) is 2.08. The van der Waals surface area contributed by atoms with Crippen LogP contribution in [-0.2, 0) is 4.79 Å². The van der Waals surface area contributed by atoms with Gasteiger partial charge in [-0.3, -0.25) is 9.36 Å². The average molecular weight is 361 g/mol. The summed E-state index contributed by atoms with van der Waals surface area (Å²) in [5.74, 6) is -1.97. The Balaban J connectivity index is 1.63. The molecular weight excluding hydrogens is 341 g/mol. The van der Waals surface area contributed by atoms with Crippen molar-refractivity contribution in [3.8, 4) is 0 Å². The van der Waals surface area contributed by atoms with E-state index in [0.717, 1.165) is 31.2 Å². The number of carboxylic acids is 1. The molecule has 0 spiro atoms. The van der Waals surface area contributed by atoms with Crippen molar-refractivity contribution in [2.75, 3.05) is 13.1 Å². The van der Waals surface area contributed by atoms with Crippen LogP contribution in [0.25, 0.3) is 11.0 Å². The number of halogens is 1. The van der Waals surface area contributed by atoms with Crippen molar-refractivity contribution >= 4 is 22.9 Å². The summed E-state index contributed by atoms with van der Waals surface area (Å²) in [7, 11) is 0. The number of aromatic nitrogens is 2. The van der Waals surface area contributed by atoms with Crippen LogP contribution in [0.2, 0.25) is 0 Å². The summed E-state index contributed by atoms with van der Waals surface area (Å²) in [6.45, 7) is -0.405. The molecule has 0 bridgehead atoms. The van der Waals surface area contributed by atoms with Gasteiger partial charge in [-0.2, -0.15) is 0 Å². The number of carbonyl (C=O) groups excluding carboxylic acids is 1. The number of carbonyl (C=O) groups is 2. The third kappa shape index (κ3) is 2.60. The lowest BCUT2D eigenvalue weighted by Gasteiger charge is -2.18. The van der Waals surface area contributed by atoms with Gasteiger partial charge in [-0.1, -0.05) is 12.8 Å². The third-order valence-electron chi connectivity index (χ3n) is 5.54. The zero-order valence-electron chi connectivity index (χ0n) is 14.2. The molecule has 1 unspecified atom stereocenters. The molecule has 1 saturated heterocycles. The molecule has 4 rings (SSSR count). The highest BCUT2D eigenvalue weighted by Crippen LogP contribution is 2.31. The fourth-order valence-electron chi connectivity index (χ4n) is 4.09. The van der Waals surface area contributed by atoms with Gasteiger partial charge in [0.05, 0.1) is 17.6 Å². The lowest BCUT2D eigenvalue weighted by molar-refractivity contribution is -0.149. The first-order chi connectivity index (χ1) is 12.4. The van der Waals surface area contributed by atoms with Crippen LogP contribution in [0, 0.1) is 0 Å². The summed E-state index contributed by atoms with van der Waals surface area (Å²) >= 11 is 0. The van der Waals surface area contributed by atoms with Crippen molar-refractivity contribution in [1.82, 2.24) is 14.5 Å². The van der Waals surface area contributed by atoms with Crippen LogP contribution in [0.5, 0.6) is 0 Å². The highest BCUT2D eigenvalue weighted by Gasteiger charge is 2.47. The van der Waals surface area contributed by atoms with Crippen molar-refractivity contribution in [3.63, 3.8) is 0 Å². The Morgan fingerprint density at radius 1 is 1.27 bits per heavy atom. The van der Waals surface area contributed by atoms with Crippen molar-refractivity contribution in [2.45, 2.75) is 43.8 Å². The molecule has 1 aromatic heterocycles. The summed E-state index contributed by atoms with van der Waals surface area (Å²) in [5, 5.41) is 8.97. The monoisotopic (exact) mass is 361 g/mol. The largest absolute Gasteiger partial charge is 0.479 e. The molecule has 2 aliphatic rings. The van der Waals surface area contributed by atoms with E-state index in [9.17, 15) is 18.8 Å². The van der Waals surface area contributed by atoms with Gasteiger partial charge in [-0.05, 0) is 31.0 Å². The Bertz CT molecular complexity index is 944. The number of nitrogens with one attached hydrogen (secondary N) is 1. The number of carboxylic acid groups (broad SMARTS) is 1. The number of benzene rings is 1. The van der Waals surface area contributed by atoms with E-state index in [2.05, 4.69) is 4.98 Å². The Labute approximate surface area is 148 Å². The number of imidazole rings is 1. The summed E-state index contributed by atoms with van der Waals surface area (Å²) in [6, 6.07) is 5.11. The fraction of sp³-hybridized carbons (Fsp3) is 0.500. The molecule has 2 heterocycles. The molecule has 2 aromatic rings. The summed E-state index contributed by atoms with van der Waals surface area (Å²) < 4.78 is 16.0. The number of H-pyrrole nitrogens is 1. The van der Waals surface area contributed by atoms with E-state index in [0.29, 0.717) is 11.1 Å². The van der Waals surface area contributed by atoms with Crippen LogP contribution in [-0.4, -0.2) is 50.2 Å². The second-order valence-corrected chi connectivity index (χ2v) is 7.22. The van der Waals surface area contributed by atoms with E-state index in [-0.39, 0.29) is 24.7 Å². The van der Waals surface area contributed by atoms with Gasteiger partial charge in [0.15, 0.2) is 0 Å². The highest BCUT2D eigenvalue weighted by molar-refractivity contribution is 5.98. The first-order valence-corrected chi connectivity index (χ1v) is 8.85. The van der Waals surface area contributed by atoms with E-state index >= 15 is 0 Å². The van der Waals surface area contributed by atoms with E-state index in [1.165, 1.54) is 4.90 Å². The normalized spacial score (nSPS) is 23.8. The molecular formula is C18H20FN3O4. The van der Waals surface area contributed by atoms with Gasteiger partial charge in [0.25, 0.3) is 5.91 Å². The molecule has 1 aliphatic heterocycles. The number of fused-ring (bicyclic) bond motifs is 1. The zero-order valence-corrected chi connectivity index (χ0v) is 14.2. The molecule has 1 amide bonds. The number of alkyl halides is 1. The number of likely N-dealkylation sites (tertiary alicyclic amines) is 1. The van der Waals surface area contributed by atoms with Crippen LogP contribution < -0.4 is 5.69 Å². The molecule has 26 heavy (non-hydrogen) atoms. The van der Waals surface area contributed by atoms with E-state index < -0.39 is 24.1 Å². The van der Waals surface area contributed by atoms with Crippen LogP contribution in [0.1, 0.15) is 48.5 Å². The smallest absolute Gasteiger partial charge is 0.343 e. The topological polar surface area (TPSA) is 95.4 Å². The van der Waals surface area contributed by atoms with Gasteiger partial charge in [0, 0.05) is 24.6 Å². The van der Waals surface area contributed by atoms with Gasteiger partial charge in [-0.15, -0.1) is 0 Å². The molecule has 2 N–H and O–H groups in total. The SMILES string of the molecule is O=C(c1ccc2c(c1)[nH]c(=O)n2C1CCCC1)N1CCC(F)(C(=O)O)C1. The quantitative estimate of drug-likeness (QED) is 0.875. The van der Waals surface area contributed by atoms with Crippen LogP contribution in [0.3, 0.4) is 0 Å². The molecule has 1 aliphatic carbocycles. The Kier molecular flexibility index (Phi) is 3.86. The standard InChI is InChI=1S/C18H20FN3O4/c19-18(16(24)25)7-8-21(10-18)15(23)11-5-6-14-13(9-11)20-17(26)22(14)12-3-1-2-4-12/h5-6,9,12H,1-4,7-8,10H2,(H,20,26)(H,24,25). The van der Waals surface area contributed by atoms with Crippen molar-refractivity contribution < 1.29 is 19.1 Å². The molecule has 1 saturated carbocycles. The Morgan fingerprint density at radius 3 is 2.65 bits per heavy atom. The first-order valence-electron chi connectivity index (χ1n) is 8.85. The molecule has 0 radical (unpaired) electrons. The second-order valence-electron chi connectivity index (χ2n) is 7.22. The minimum Gasteiger partial charge on any atom is -0.479 e. The molecule has 1 aromatic carbocycles. The van der Waals surface area contributed by atoms with Crippen molar-refractivity contribution in [2.24, 2.45) is 0 Å². The van der Waals surface area contributed by atoms with Gasteiger partial charge in [0.1, 0.15) is 0 Å². The Morgan fingerprint density at radius 2 is 2.00 bits per heavy atom. The van der Waals surface area contributed by atoms with E-state index in [4.69, 9.17) is 5.11 Å². The minimum atomic E-state index is -2.39. The molecule has 2 fully saturated rings. The molecule has 7 nitrogen and oxygen atoms in total. The van der Waals surface area contributed by atoms with E-state index in [1.54, 1.807) is 22.8 Å². The van der Waals surface area contributed by atoms with Gasteiger partial charge in [0.2, 0.25) is 5.67 Å². The van der Waals surface area contributed by atoms with Crippen molar-refractivity contribution in [3.05, 3.63) is 34.2 Å². The van der Waals surface area contributed by atoms with Crippen molar-refractivity contribution in [1.29, 1.82) is 0 Å². The third-order valence-corrected chi connectivity index (χ3v) is 5.54. The number of aromatic amines is 1. The number of hydrogen-bond donors (Lipinski definition) is 2. The summed E-state index contributed by atoms with van der Waals surface area (Å²) in [5.41, 5.74) is -0.944. The lowest BCUT2D eigenvalue weighted by Crippen LogP contribution is -2.38. The molecule has 1 atom stereocenters. The lowest BCUT2D eigenvalue weighted by atomic mass is 10.1. The molecule has 138 valence electrons. The number of amides is 1. The van der Waals surface area contributed by atoms with Gasteiger partial charge < -0.3 is 15.0 Å². The van der Waals surface area contributed by atoms with E-state index in [1.807, 2.05) is 0 Å².